The van der Waals surface area contributed by atoms with Gasteiger partial charge in [0.15, 0.2) is 0 Å². The van der Waals surface area contributed by atoms with Crippen molar-refractivity contribution in [3.8, 4) is 0 Å². The minimum Gasteiger partial charge on any atom is -0.350 e. The Hall–Kier alpha value is -0.990. The number of sulfonamides is 1. The van der Waals surface area contributed by atoms with Gasteiger partial charge in [-0.15, -0.1) is 0 Å². The third kappa shape index (κ3) is 4.69. The molecule has 1 heterocycles. The molecule has 0 aromatic carbocycles. The summed E-state index contributed by atoms with van der Waals surface area (Å²) in [5.74, 6) is -0.739. The second-order valence-corrected chi connectivity index (χ2v) is 5.51. The predicted octanol–water partition coefficient (Wildman–Crippen LogP) is -0.138. The number of carbonyl (C=O) groups is 1. The fourth-order valence-corrected chi connectivity index (χ4v) is 1.66. The van der Waals surface area contributed by atoms with Crippen LogP contribution in [0.2, 0.25) is 0 Å². The minimum absolute atomic E-state index is 0.0359. The Morgan fingerprint density at radius 3 is 2.75 bits per heavy atom. The number of amides is 1. The molecule has 0 spiro atoms. The third-order valence-corrected chi connectivity index (χ3v) is 2.83. The van der Waals surface area contributed by atoms with Crippen LogP contribution in [0.5, 0.6) is 0 Å². The van der Waals surface area contributed by atoms with E-state index in [0.717, 1.165) is 0 Å². The van der Waals surface area contributed by atoms with Crippen molar-refractivity contribution in [1.29, 1.82) is 0 Å². The number of carbonyl (C=O) groups excluding carboxylic acids is 1. The van der Waals surface area contributed by atoms with E-state index in [4.69, 9.17) is 5.14 Å². The molecule has 0 aliphatic carbocycles. The number of rotatable bonds is 4. The molecule has 0 aliphatic heterocycles. The molecule has 1 amide bonds. The highest BCUT2D eigenvalue weighted by atomic mass is 79.9. The Balaban J connectivity index is 2.54. The van der Waals surface area contributed by atoms with E-state index in [9.17, 15) is 13.2 Å². The Morgan fingerprint density at radius 1 is 1.50 bits per heavy atom. The van der Waals surface area contributed by atoms with Gasteiger partial charge in [-0.25, -0.2) is 18.5 Å². The van der Waals surface area contributed by atoms with Gasteiger partial charge < -0.3 is 5.32 Å². The molecule has 0 bridgehead atoms. The molecular weight excluding hydrogens is 298 g/mol. The molecule has 88 valence electrons. The summed E-state index contributed by atoms with van der Waals surface area (Å²) in [5, 5.41) is 7.18. The monoisotopic (exact) mass is 307 g/mol. The Morgan fingerprint density at radius 2 is 2.19 bits per heavy atom. The zero-order valence-corrected chi connectivity index (χ0v) is 10.6. The van der Waals surface area contributed by atoms with Gasteiger partial charge in [0.1, 0.15) is 10.3 Å². The fraction of sp³-hybridized carbons (Fsp3) is 0.250. The summed E-state index contributed by atoms with van der Waals surface area (Å²) in [5.41, 5.74) is 0.212. The maximum atomic E-state index is 11.5. The Kier molecular flexibility index (Phi) is 4.39. The fourth-order valence-electron chi connectivity index (χ4n) is 0.932. The van der Waals surface area contributed by atoms with Gasteiger partial charge in [-0.2, -0.15) is 0 Å². The second-order valence-electron chi connectivity index (χ2n) is 2.97. The van der Waals surface area contributed by atoms with E-state index in [1.54, 1.807) is 12.1 Å². The first kappa shape index (κ1) is 13.1. The molecule has 0 radical (unpaired) electrons. The molecule has 8 heteroatoms. The van der Waals surface area contributed by atoms with Crippen LogP contribution in [0, 0.1) is 0 Å². The van der Waals surface area contributed by atoms with Crippen LogP contribution in [0.4, 0.5) is 0 Å². The molecule has 0 saturated heterocycles. The molecule has 0 fully saturated rings. The highest BCUT2D eigenvalue weighted by Crippen LogP contribution is 2.05. The van der Waals surface area contributed by atoms with Crippen molar-refractivity contribution in [3.63, 3.8) is 0 Å². The second kappa shape index (κ2) is 5.37. The highest BCUT2D eigenvalue weighted by molar-refractivity contribution is 9.10. The van der Waals surface area contributed by atoms with Crippen molar-refractivity contribution >= 4 is 31.9 Å². The molecule has 0 saturated carbocycles. The van der Waals surface area contributed by atoms with Gasteiger partial charge in [-0.1, -0.05) is 6.07 Å². The van der Waals surface area contributed by atoms with Gasteiger partial charge in [-0.3, -0.25) is 4.79 Å². The van der Waals surface area contributed by atoms with E-state index in [1.165, 1.54) is 6.07 Å². The topological polar surface area (TPSA) is 102 Å². The summed E-state index contributed by atoms with van der Waals surface area (Å²) in [6, 6.07) is 4.86. The quantitative estimate of drug-likeness (QED) is 0.756. The standard InChI is InChI=1S/C8H10BrN3O3S/c9-7-3-1-2-6(12-7)8(13)11-4-5-16(10,14)15/h1-3H,4-5H2,(H,11,13)(H2,10,14,15). The van der Waals surface area contributed by atoms with Crippen molar-refractivity contribution in [2.45, 2.75) is 0 Å². The normalized spacial score (nSPS) is 11.1. The van der Waals surface area contributed by atoms with Gasteiger partial charge in [0.2, 0.25) is 10.0 Å². The average Bonchev–Trinajstić information content (AvgIpc) is 2.15. The Bertz CT molecular complexity index is 489. The molecule has 16 heavy (non-hydrogen) atoms. The van der Waals surface area contributed by atoms with E-state index >= 15 is 0 Å². The maximum Gasteiger partial charge on any atom is 0.269 e. The average molecular weight is 308 g/mol. The maximum absolute atomic E-state index is 11.5. The number of hydrogen-bond donors (Lipinski definition) is 2. The van der Waals surface area contributed by atoms with Crippen LogP contribution < -0.4 is 10.5 Å². The lowest BCUT2D eigenvalue weighted by Crippen LogP contribution is -2.31. The largest absolute Gasteiger partial charge is 0.350 e. The van der Waals surface area contributed by atoms with Gasteiger partial charge in [-0.05, 0) is 28.1 Å². The zero-order chi connectivity index (χ0) is 12.2. The predicted molar refractivity (Wildman–Crippen MR) is 62.2 cm³/mol. The summed E-state index contributed by atoms with van der Waals surface area (Å²) in [4.78, 5) is 15.4. The molecule has 1 aromatic rings. The molecular formula is C8H10BrN3O3S. The molecule has 6 nitrogen and oxygen atoms in total. The first-order chi connectivity index (χ1) is 7.38. The van der Waals surface area contributed by atoms with Crippen LogP contribution in [0.15, 0.2) is 22.8 Å². The SMILES string of the molecule is NS(=O)(=O)CCNC(=O)c1cccc(Br)n1. The molecule has 1 aromatic heterocycles. The smallest absolute Gasteiger partial charge is 0.269 e. The van der Waals surface area contributed by atoms with Crippen molar-refractivity contribution in [2.24, 2.45) is 5.14 Å². The number of aromatic nitrogens is 1. The Labute approximate surface area is 101 Å². The lowest BCUT2D eigenvalue weighted by atomic mass is 10.3. The van der Waals surface area contributed by atoms with Gasteiger partial charge in [0.25, 0.3) is 5.91 Å². The molecule has 0 unspecified atom stereocenters. The highest BCUT2D eigenvalue weighted by Gasteiger charge is 2.08. The first-order valence-corrected chi connectivity index (χ1v) is 6.80. The molecule has 0 atom stereocenters. The van der Waals surface area contributed by atoms with Crippen LogP contribution >= 0.6 is 15.9 Å². The van der Waals surface area contributed by atoms with Gasteiger partial charge in [0.05, 0.1) is 5.75 Å². The van der Waals surface area contributed by atoms with E-state index in [0.29, 0.717) is 4.60 Å². The number of pyridine rings is 1. The van der Waals surface area contributed by atoms with E-state index < -0.39 is 15.9 Å². The number of primary sulfonamides is 1. The summed E-state index contributed by atoms with van der Waals surface area (Å²) < 4.78 is 21.7. The van der Waals surface area contributed by atoms with Crippen LogP contribution in [0.1, 0.15) is 10.5 Å². The zero-order valence-electron chi connectivity index (χ0n) is 8.18. The van der Waals surface area contributed by atoms with Crippen molar-refractivity contribution < 1.29 is 13.2 Å². The summed E-state index contributed by atoms with van der Waals surface area (Å²) in [6.07, 6.45) is 0. The number of nitrogens with two attached hydrogens (primary N) is 1. The third-order valence-electron chi connectivity index (χ3n) is 1.62. The number of nitrogens with one attached hydrogen (secondary N) is 1. The number of nitrogens with zero attached hydrogens (tertiary/aromatic N) is 1. The molecule has 3 N–H and O–H groups in total. The van der Waals surface area contributed by atoms with Gasteiger partial charge >= 0.3 is 0 Å². The van der Waals surface area contributed by atoms with E-state index in [1.807, 2.05) is 0 Å². The van der Waals surface area contributed by atoms with Gasteiger partial charge in [0, 0.05) is 6.54 Å². The van der Waals surface area contributed by atoms with E-state index in [-0.39, 0.29) is 18.0 Å². The number of halogens is 1. The first-order valence-electron chi connectivity index (χ1n) is 4.30. The van der Waals surface area contributed by atoms with Crippen molar-refractivity contribution in [3.05, 3.63) is 28.5 Å². The summed E-state index contributed by atoms with van der Waals surface area (Å²) >= 11 is 3.12. The lowest BCUT2D eigenvalue weighted by Gasteiger charge is -2.03. The summed E-state index contributed by atoms with van der Waals surface area (Å²) in [6.45, 7) is -0.0359. The van der Waals surface area contributed by atoms with E-state index in [2.05, 4.69) is 26.2 Å². The van der Waals surface area contributed by atoms with Crippen LogP contribution in [0.25, 0.3) is 0 Å². The van der Waals surface area contributed by atoms with Crippen molar-refractivity contribution in [1.82, 2.24) is 10.3 Å². The van der Waals surface area contributed by atoms with Crippen molar-refractivity contribution in [2.75, 3.05) is 12.3 Å². The number of hydrogen-bond acceptors (Lipinski definition) is 4. The lowest BCUT2D eigenvalue weighted by molar-refractivity contribution is 0.0951. The van der Waals surface area contributed by atoms with Crippen LogP contribution in [0.3, 0.4) is 0 Å². The van der Waals surface area contributed by atoms with Crippen LogP contribution in [-0.2, 0) is 10.0 Å². The minimum atomic E-state index is -3.55. The van der Waals surface area contributed by atoms with Crippen LogP contribution in [-0.4, -0.2) is 31.6 Å². The summed E-state index contributed by atoms with van der Waals surface area (Å²) in [7, 11) is -3.55. The molecule has 1 rings (SSSR count). The molecule has 0 aliphatic rings.